The average molecular weight is 371 g/mol. The van der Waals surface area contributed by atoms with E-state index in [9.17, 15) is 14.0 Å². The number of rotatable bonds is 7. The van der Waals surface area contributed by atoms with Gasteiger partial charge >= 0.3 is 0 Å². The van der Waals surface area contributed by atoms with Gasteiger partial charge in [-0.05, 0) is 56.6 Å². The SMILES string of the molecule is Cc1cccc(C)c1NC(=O)CNC(=O)[C@H](C)N(C)Cc1cccc(F)c1. The molecule has 27 heavy (non-hydrogen) atoms. The van der Waals surface area contributed by atoms with Crippen LogP contribution in [0.2, 0.25) is 0 Å². The second-order valence-electron chi connectivity index (χ2n) is 6.75. The third kappa shape index (κ3) is 5.89. The summed E-state index contributed by atoms with van der Waals surface area (Å²) in [6.07, 6.45) is 0. The number of anilines is 1. The van der Waals surface area contributed by atoms with Gasteiger partial charge in [-0.15, -0.1) is 0 Å². The molecule has 144 valence electrons. The van der Waals surface area contributed by atoms with Crippen LogP contribution in [0.5, 0.6) is 0 Å². The maximum Gasteiger partial charge on any atom is 0.243 e. The Hall–Kier alpha value is -2.73. The summed E-state index contributed by atoms with van der Waals surface area (Å²) in [6, 6.07) is 11.6. The van der Waals surface area contributed by atoms with Gasteiger partial charge in [-0.25, -0.2) is 4.39 Å². The van der Waals surface area contributed by atoms with E-state index < -0.39 is 6.04 Å². The van der Waals surface area contributed by atoms with Gasteiger partial charge in [0.05, 0.1) is 12.6 Å². The molecule has 2 aromatic carbocycles. The molecular weight excluding hydrogens is 345 g/mol. The Bertz CT molecular complexity index is 803. The lowest BCUT2D eigenvalue weighted by Gasteiger charge is -2.24. The number of likely N-dealkylation sites (N-methyl/N-ethyl adjacent to an activating group) is 1. The fourth-order valence-corrected chi connectivity index (χ4v) is 2.77. The first-order chi connectivity index (χ1) is 12.8. The van der Waals surface area contributed by atoms with E-state index in [-0.39, 0.29) is 24.2 Å². The van der Waals surface area contributed by atoms with Crippen molar-refractivity contribution in [2.45, 2.75) is 33.4 Å². The number of amides is 2. The quantitative estimate of drug-likeness (QED) is 0.787. The molecule has 0 heterocycles. The van der Waals surface area contributed by atoms with Crippen molar-refractivity contribution < 1.29 is 14.0 Å². The van der Waals surface area contributed by atoms with Crippen LogP contribution in [0.4, 0.5) is 10.1 Å². The van der Waals surface area contributed by atoms with E-state index in [0.29, 0.717) is 6.54 Å². The first-order valence-corrected chi connectivity index (χ1v) is 8.86. The van der Waals surface area contributed by atoms with E-state index >= 15 is 0 Å². The van der Waals surface area contributed by atoms with Gasteiger partial charge in [0.2, 0.25) is 11.8 Å². The number of hydrogen-bond acceptors (Lipinski definition) is 3. The molecule has 0 bridgehead atoms. The predicted molar refractivity (Wildman–Crippen MR) is 105 cm³/mol. The third-order valence-electron chi connectivity index (χ3n) is 4.53. The van der Waals surface area contributed by atoms with Crippen LogP contribution in [0.25, 0.3) is 0 Å². The van der Waals surface area contributed by atoms with Crippen LogP contribution in [-0.4, -0.2) is 36.3 Å². The lowest BCUT2D eigenvalue weighted by atomic mass is 10.1. The number of nitrogens with one attached hydrogen (secondary N) is 2. The third-order valence-corrected chi connectivity index (χ3v) is 4.53. The minimum atomic E-state index is -0.457. The first-order valence-electron chi connectivity index (χ1n) is 8.86. The van der Waals surface area contributed by atoms with Gasteiger partial charge in [-0.1, -0.05) is 30.3 Å². The molecule has 0 saturated carbocycles. The number of benzene rings is 2. The molecule has 2 amide bonds. The molecule has 2 rings (SSSR count). The van der Waals surface area contributed by atoms with Crippen molar-refractivity contribution in [1.82, 2.24) is 10.2 Å². The number of nitrogens with zero attached hydrogens (tertiary/aromatic N) is 1. The molecule has 0 fully saturated rings. The molecule has 0 aliphatic heterocycles. The van der Waals surface area contributed by atoms with Crippen molar-refractivity contribution in [2.75, 3.05) is 18.9 Å². The number of halogens is 1. The molecule has 5 nitrogen and oxygen atoms in total. The van der Waals surface area contributed by atoms with Crippen molar-refractivity contribution in [3.63, 3.8) is 0 Å². The fraction of sp³-hybridized carbons (Fsp3) is 0.333. The Balaban J connectivity index is 1.86. The lowest BCUT2D eigenvalue weighted by molar-refractivity contribution is -0.127. The van der Waals surface area contributed by atoms with Crippen molar-refractivity contribution in [3.05, 3.63) is 65.0 Å². The van der Waals surface area contributed by atoms with Crippen LogP contribution in [-0.2, 0) is 16.1 Å². The highest BCUT2D eigenvalue weighted by Crippen LogP contribution is 2.19. The maximum atomic E-state index is 13.3. The van der Waals surface area contributed by atoms with Crippen molar-refractivity contribution in [2.24, 2.45) is 0 Å². The summed E-state index contributed by atoms with van der Waals surface area (Å²) in [6.45, 7) is 5.92. The van der Waals surface area contributed by atoms with Crippen LogP contribution in [0.1, 0.15) is 23.6 Å². The topological polar surface area (TPSA) is 61.4 Å². The maximum absolute atomic E-state index is 13.3. The van der Waals surface area contributed by atoms with Gasteiger partial charge in [-0.2, -0.15) is 0 Å². The normalized spacial score (nSPS) is 11.9. The number of aryl methyl sites for hydroxylation is 2. The summed E-state index contributed by atoms with van der Waals surface area (Å²) in [5.41, 5.74) is 3.49. The molecule has 0 unspecified atom stereocenters. The van der Waals surface area contributed by atoms with Gasteiger partial charge in [0.25, 0.3) is 0 Å². The Morgan fingerprint density at radius 1 is 1.11 bits per heavy atom. The van der Waals surface area contributed by atoms with Crippen LogP contribution < -0.4 is 10.6 Å². The summed E-state index contributed by atoms with van der Waals surface area (Å²) < 4.78 is 13.3. The molecule has 2 N–H and O–H groups in total. The molecule has 0 aliphatic rings. The second-order valence-corrected chi connectivity index (χ2v) is 6.75. The van der Waals surface area contributed by atoms with Gasteiger partial charge in [0, 0.05) is 12.2 Å². The molecule has 0 spiro atoms. The second kappa shape index (κ2) is 9.28. The zero-order valence-electron chi connectivity index (χ0n) is 16.2. The molecule has 6 heteroatoms. The molecular formula is C21H26FN3O2. The van der Waals surface area contributed by atoms with Gasteiger partial charge in [0.15, 0.2) is 0 Å². The molecule has 2 aromatic rings. The van der Waals surface area contributed by atoms with Crippen LogP contribution in [0, 0.1) is 19.7 Å². The summed E-state index contributed by atoms with van der Waals surface area (Å²) in [5, 5.41) is 5.49. The lowest BCUT2D eigenvalue weighted by Crippen LogP contribution is -2.45. The Labute approximate surface area is 159 Å². The smallest absolute Gasteiger partial charge is 0.243 e. The van der Waals surface area contributed by atoms with Gasteiger partial charge in [0.1, 0.15) is 5.82 Å². The summed E-state index contributed by atoms with van der Waals surface area (Å²) in [4.78, 5) is 26.3. The summed E-state index contributed by atoms with van der Waals surface area (Å²) >= 11 is 0. The van der Waals surface area contributed by atoms with E-state index in [2.05, 4.69) is 10.6 Å². The molecule has 1 atom stereocenters. The molecule has 0 saturated heterocycles. The largest absolute Gasteiger partial charge is 0.346 e. The fourth-order valence-electron chi connectivity index (χ4n) is 2.77. The first kappa shape index (κ1) is 20.6. The van der Waals surface area contributed by atoms with Gasteiger partial charge in [-0.3, -0.25) is 14.5 Å². The highest BCUT2D eigenvalue weighted by atomic mass is 19.1. The van der Waals surface area contributed by atoms with Crippen molar-refractivity contribution in [1.29, 1.82) is 0 Å². The average Bonchev–Trinajstić information content (AvgIpc) is 2.62. The Morgan fingerprint density at radius 3 is 2.37 bits per heavy atom. The standard InChI is InChI=1S/C21H26FN3O2/c1-14-7-5-8-15(2)20(14)24-19(26)12-23-21(27)16(3)25(4)13-17-9-6-10-18(22)11-17/h5-11,16H,12-13H2,1-4H3,(H,23,27)(H,24,26)/t16-/m0/s1. The minimum Gasteiger partial charge on any atom is -0.346 e. The monoisotopic (exact) mass is 371 g/mol. The zero-order chi connectivity index (χ0) is 20.0. The van der Waals surface area contributed by atoms with E-state index in [1.165, 1.54) is 12.1 Å². The van der Waals surface area contributed by atoms with Crippen molar-refractivity contribution >= 4 is 17.5 Å². The van der Waals surface area contributed by atoms with Crippen LogP contribution in [0.15, 0.2) is 42.5 Å². The molecule has 0 radical (unpaired) electrons. The summed E-state index contributed by atoms with van der Waals surface area (Å²) in [7, 11) is 1.78. The number of carbonyl (C=O) groups excluding carboxylic acids is 2. The number of para-hydroxylation sites is 1. The predicted octanol–water partition coefficient (Wildman–Crippen LogP) is 3.02. The van der Waals surface area contributed by atoms with E-state index in [0.717, 1.165) is 22.4 Å². The number of hydrogen-bond donors (Lipinski definition) is 2. The minimum absolute atomic E-state index is 0.106. The Kier molecular flexibility index (Phi) is 7.07. The van der Waals surface area contributed by atoms with Gasteiger partial charge < -0.3 is 10.6 Å². The molecule has 0 aliphatic carbocycles. The van der Waals surface area contributed by atoms with Crippen LogP contribution >= 0.6 is 0 Å². The van der Waals surface area contributed by atoms with Crippen LogP contribution in [0.3, 0.4) is 0 Å². The van der Waals surface area contributed by atoms with E-state index in [4.69, 9.17) is 0 Å². The highest BCUT2D eigenvalue weighted by molar-refractivity contribution is 5.96. The zero-order valence-corrected chi connectivity index (χ0v) is 16.2. The Morgan fingerprint density at radius 2 is 1.74 bits per heavy atom. The van der Waals surface area contributed by atoms with Crippen molar-refractivity contribution in [3.8, 4) is 0 Å². The van der Waals surface area contributed by atoms with E-state index in [1.54, 1.807) is 24.9 Å². The highest BCUT2D eigenvalue weighted by Gasteiger charge is 2.19. The summed E-state index contributed by atoms with van der Waals surface area (Å²) in [5.74, 6) is -0.840. The number of carbonyl (C=O) groups is 2. The van der Waals surface area contributed by atoms with E-state index in [1.807, 2.05) is 38.1 Å². The molecule has 0 aromatic heterocycles.